The Hall–Kier alpha value is -1.79. The molecule has 3 nitrogen and oxygen atoms in total. The van der Waals surface area contributed by atoms with Crippen LogP contribution in [0.15, 0.2) is 30.5 Å². The second kappa shape index (κ2) is 6.32. The summed E-state index contributed by atoms with van der Waals surface area (Å²) in [7, 11) is 0. The lowest BCUT2D eigenvalue weighted by Crippen LogP contribution is -2.17. The first-order chi connectivity index (χ1) is 9.93. The van der Waals surface area contributed by atoms with Gasteiger partial charge in [0.2, 0.25) is 0 Å². The molecule has 112 valence electrons. The average Bonchev–Trinajstić information content (AvgIpc) is 2.77. The molecule has 21 heavy (non-hydrogen) atoms. The second-order valence-electron chi connectivity index (χ2n) is 6.65. The molecule has 3 heteroatoms. The normalized spacial score (nSPS) is 13.3. The number of hydrogen-bond acceptors (Lipinski definition) is 2. The number of benzene rings is 1. The van der Waals surface area contributed by atoms with Gasteiger partial charge in [-0.15, -0.1) is 0 Å². The van der Waals surface area contributed by atoms with E-state index in [-0.39, 0.29) is 11.5 Å². The van der Waals surface area contributed by atoms with Gasteiger partial charge >= 0.3 is 0 Å². The Bertz CT molecular complexity index is 644. The van der Waals surface area contributed by atoms with Gasteiger partial charge in [-0.05, 0) is 51.7 Å². The van der Waals surface area contributed by atoms with Gasteiger partial charge in [0.1, 0.15) is 0 Å². The van der Waals surface area contributed by atoms with Crippen LogP contribution in [0.25, 0.3) is 10.9 Å². The number of rotatable bonds is 6. The van der Waals surface area contributed by atoms with Crippen LogP contribution in [-0.4, -0.2) is 10.6 Å². The van der Waals surface area contributed by atoms with E-state index in [2.05, 4.69) is 41.1 Å². The summed E-state index contributed by atoms with van der Waals surface area (Å²) >= 11 is 0. The lowest BCUT2D eigenvalue weighted by atomic mass is 9.90. The molecule has 1 aromatic carbocycles. The lowest BCUT2D eigenvalue weighted by Gasteiger charge is -2.15. The van der Waals surface area contributed by atoms with Gasteiger partial charge in [-0.1, -0.05) is 18.2 Å². The maximum absolute atomic E-state index is 9.10. The Morgan fingerprint density at radius 2 is 2.05 bits per heavy atom. The van der Waals surface area contributed by atoms with Gasteiger partial charge in [-0.25, -0.2) is 0 Å². The third-order valence-corrected chi connectivity index (χ3v) is 3.92. The zero-order valence-electron chi connectivity index (χ0n) is 13.3. The Balaban J connectivity index is 2.18. The molecule has 1 heterocycles. The number of nitriles is 1. The fourth-order valence-corrected chi connectivity index (χ4v) is 2.76. The van der Waals surface area contributed by atoms with E-state index in [1.165, 1.54) is 16.5 Å². The summed E-state index contributed by atoms with van der Waals surface area (Å²) in [5, 5.41) is 10.4. The number of fused-ring (bicyclic) bond motifs is 1. The highest BCUT2D eigenvalue weighted by Crippen LogP contribution is 2.25. The van der Waals surface area contributed by atoms with Crippen LogP contribution in [0.3, 0.4) is 0 Å². The van der Waals surface area contributed by atoms with Gasteiger partial charge in [0.05, 0.1) is 11.5 Å². The molecular formula is C18H25N3. The van der Waals surface area contributed by atoms with Crippen LogP contribution in [0.5, 0.6) is 0 Å². The molecule has 0 radical (unpaired) electrons. The third-order valence-electron chi connectivity index (χ3n) is 3.92. The molecule has 0 saturated carbocycles. The zero-order chi connectivity index (χ0) is 15.5. The summed E-state index contributed by atoms with van der Waals surface area (Å²) in [5.74, 6) is 0. The molecule has 0 amide bonds. The van der Waals surface area contributed by atoms with Crippen LogP contribution in [-0.2, 0) is 13.0 Å². The molecule has 2 N–H and O–H groups in total. The maximum atomic E-state index is 9.10. The minimum absolute atomic E-state index is 0.168. The van der Waals surface area contributed by atoms with E-state index in [4.69, 9.17) is 11.0 Å². The van der Waals surface area contributed by atoms with Crippen LogP contribution in [0.1, 0.15) is 39.2 Å². The van der Waals surface area contributed by atoms with Gasteiger partial charge in [-0.3, -0.25) is 0 Å². The van der Waals surface area contributed by atoms with Crippen molar-refractivity contribution in [3.05, 3.63) is 36.0 Å². The van der Waals surface area contributed by atoms with Crippen molar-refractivity contribution < 1.29 is 0 Å². The van der Waals surface area contributed by atoms with Crippen molar-refractivity contribution in [2.75, 3.05) is 0 Å². The van der Waals surface area contributed by atoms with E-state index in [1.807, 2.05) is 20.8 Å². The van der Waals surface area contributed by atoms with Crippen molar-refractivity contribution in [2.24, 2.45) is 11.1 Å². The van der Waals surface area contributed by atoms with E-state index < -0.39 is 0 Å². The summed E-state index contributed by atoms with van der Waals surface area (Å²) in [6.45, 7) is 7.00. The summed E-state index contributed by atoms with van der Waals surface area (Å²) in [5.41, 5.74) is 8.30. The maximum Gasteiger partial charge on any atom is 0.0683 e. The molecule has 1 aromatic heterocycles. The third kappa shape index (κ3) is 3.86. The topological polar surface area (TPSA) is 54.7 Å². The van der Waals surface area contributed by atoms with Crippen LogP contribution < -0.4 is 5.73 Å². The van der Waals surface area contributed by atoms with Crippen molar-refractivity contribution in [3.63, 3.8) is 0 Å². The minimum Gasteiger partial charge on any atom is -0.347 e. The predicted octanol–water partition coefficient (Wildman–Crippen LogP) is 3.86. The van der Waals surface area contributed by atoms with Gasteiger partial charge in [-0.2, -0.15) is 5.26 Å². The Morgan fingerprint density at radius 3 is 2.71 bits per heavy atom. The number of nitrogens with two attached hydrogens (primary N) is 1. The monoisotopic (exact) mass is 283 g/mol. The SMILES string of the molecule is CC(N)Cc1cn(CCCC(C)(C)C#N)c2ccccc12. The smallest absolute Gasteiger partial charge is 0.0683 e. The first-order valence-corrected chi connectivity index (χ1v) is 7.66. The first-order valence-electron chi connectivity index (χ1n) is 7.66. The number of hydrogen-bond donors (Lipinski definition) is 1. The fraction of sp³-hybridized carbons (Fsp3) is 0.500. The van der Waals surface area contributed by atoms with Crippen molar-refractivity contribution in [1.29, 1.82) is 5.26 Å². The van der Waals surface area contributed by atoms with E-state index >= 15 is 0 Å². The summed E-state index contributed by atoms with van der Waals surface area (Å²) in [6.07, 6.45) is 5.06. The fourth-order valence-electron chi connectivity index (χ4n) is 2.76. The minimum atomic E-state index is -0.239. The molecule has 1 atom stereocenters. The van der Waals surface area contributed by atoms with Gasteiger partial charge in [0.25, 0.3) is 0 Å². The van der Waals surface area contributed by atoms with E-state index in [1.54, 1.807) is 0 Å². The van der Waals surface area contributed by atoms with E-state index in [0.29, 0.717) is 0 Å². The first kappa shape index (κ1) is 15.6. The van der Waals surface area contributed by atoms with E-state index in [9.17, 15) is 0 Å². The number of aryl methyl sites for hydroxylation is 1. The van der Waals surface area contributed by atoms with E-state index in [0.717, 1.165) is 25.8 Å². The van der Waals surface area contributed by atoms with Gasteiger partial charge in [0.15, 0.2) is 0 Å². The Labute approximate surface area is 127 Å². The number of nitrogens with zero attached hydrogens (tertiary/aromatic N) is 2. The molecule has 2 rings (SSSR count). The quantitative estimate of drug-likeness (QED) is 0.875. The molecule has 0 aliphatic rings. The lowest BCUT2D eigenvalue weighted by molar-refractivity contribution is 0.418. The second-order valence-corrected chi connectivity index (χ2v) is 6.65. The van der Waals surface area contributed by atoms with Crippen LogP contribution in [0.2, 0.25) is 0 Å². The van der Waals surface area contributed by atoms with Crippen molar-refractivity contribution in [3.8, 4) is 6.07 Å². The summed E-state index contributed by atoms with van der Waals surface area (Å²) in [4.78, 5) is 0. The highest BCUT2D eigenvalue weighted by molar-refractivity contribution is 5.84. The molecule has 0 saturated heterocycles. The molecule has 2 aromatic rings. The zero-order valence-corrected chi connectivity index (χ0v) is 13.3. The number of para-hydroxylation sites is 1. The largest absolute Gasteiger partial charge is 0.347 e. The highest BCUT2D eigenvalue weighted by atomic mass is 15.0. The van der Waals surface area contributed by atoms with Gasteiger partial charge in [0, 0.05) is 29.7 Å². The predicted molar refractivity (Wildman–Crippen MR) is 87.9 cm³/mol. The highest BCUT2D eigenvalue weighted by Gasteiger charge is 2.16. The molecule has 0 bridgehead atoms. The van der Waals surface area contributed by atoms with Crippen molar-refractivity contribution in [2.45, 2.75) is 52.6 Å². The van der Waals surface area contributed by atoms with Crippen molar-refractivity contribution >= 4 is 10.9 Å². The summed E-state index contributed by atoms with van der Waals surface area (Å²) < 4.78 is 2.31. The molecular weight excluding hydrogens is 258 g/mol. The molecule has 0 fully saturated rings. The molecule has 0 aliphatic heterocycles. The van der Waals surface area contributed by atoms with Gasteiger partial charge < -0.3 is 10.3 Å². The molecule has 0 aliphatic carbocycles. The number of aromatic nitrogens is 1. The van der Waals surface area contributed by atoms with Crippen LogP contribution >= 0.6 is 0 Å². The molecule has 0 spiro atoms. The Kier molecular flexibility index (Phi) is 4.69. The summed E-state index contributed by atoms with van der Waals surface area (Å²) in [6, 6.07) is 11.0. The van der Waals surface area contributed by atoms with Crippen molar-refractivity contribution in [1.82, 2.24) is 4.57 Å². The average molecular weight is 283 g/mol. The van der Waals surface area contributed by atoms with Crippen LogP contribution in [0, 0.1) is 16.7 Å². The van der Waals surface area contributed by atoms with Crippen LogP contribution in [0.4, 0.5) is 0 Å². The standard InChI is InChI=1S/C18H25N3/c1-14(20)11-15-12-21(10-6-9-18(2,3)13-19)17-8-5-4-7-16(15)17/h4-5,7-8,12,14H,6,9-11,20H2,1-3H3. The Morgan fingerprint density at radius 1 is 1.33 bits per heavy atom. The molecule has 1 unspecified atom stereocenters.